The first kappa shape index (κ1) is 12.9. The van der Waals surface area contributed by atoms with Crippen LogP contribution in [0.1, 0.15) is 30.0 Å². The van der Waals surface area contributed by atoms with E-state index in [4.69, 9.17) is 4.42 Å². The minimum atomic E-state index is 0.345. The number of nitrogens with one attached hydrogen (secondary N) is 1. The topological polar surface area (TPSA) is 25.2 Å². The minimum Gasteiger partial charge on any atom is -0.469 e. The Kier molecular flexibility index (Phi) is 4.83. The van der Waals surface area contributed by atoms with E-state index in [9.17, 15) is 0 Å². The van der Waals surface area contributed by atoms with Crippen molar-refractivity contribution in [1.29, 1.82) is 0 Å². The maximum absolute atomic E-state index is 5.43. The molecule has 2 aromatic rings. The van der Waals surface area contributed by atoms with E-state index in [0.717, 1.165) is 25.1 Å². The van der Waals surface area contributed by atoms with Gasteiger partial charge in [0.05, 0.1) is 10.0 Å². The van der Waals surface area contributed by atoms with Crippen molar-refractivity contribution in [3.63, 3.8) is 0 Å². The Balaban J connectivity index is 2.07. The smallest absolute Gasteiger partial charge is 0.105 e. The molecule has 2 heterocycles. The fourth-order valence-electron chi connectivity index (χ4n) is 1.74. The van der Waals surface area contributed by atoms with Crippen LogP contribution in [-0.2, 0) is 6.42 Å². The van der Waals surface area contributed by atoms with Crippen LogP contribution in [0.4, 0.5) is 0 Å². The molecular formula is C13H16BrNOS. The molecule has 4 heteroatoms. The van der Waals surface area contributed by atoms with Crippen LogP contribution in [0.5, 0.6) is 0 Å². The normalized spacial score (nSPS) is 12.8. The summed E-state index contributed by atoms with van der Waals surface area (Å²) in [7, 11) is 0. The van der Waals surface area contributed by atoms with Crippen LogP contribution >= 0.6 is 27.3 Å². The van der Waals surface area contributed by atoms with Gasteiger partial charge in [0, 0.05) is 17.3 Å². The predicted octanol–water partition coefficient (Wildman–Crippen LogP) is 4.39. The van der Waals surface area contributed by atoms with Gasteiger partial charge in [0.15, 0.2) is 0 Å². The quantitative estimate of drug-likeness (QED) is 0.855. The predicted molar refractivity (Wildman–Crippen MR) is 75.5 cm³/mol. The number of furan rings is 1. The molecule has 0 radical (unpaired) electrons. The highest BCUT2D eigenvalue weighted by molar-refractivity contribution is 9.11. The zero-order valence-corrected chi connectivity index (χ0v) is 12.2. The van der Waals surface area contributed by atoms with E-state index in [1.165, 1.54) is 8.66 Å². The first-order valence-electron chi connectivity index (χ1n) is 5.80. The molecule has 0 bridgehead atoms. The summed E-state index contributed by atoms with van der Waals surface area (Å²) in [6, 6.07) is 8.59. The largest absolute Gasteiger partial charge is 0.469 e. The van der Waals surface area contributed by atoms with Crippen LogP contribution in [0.2, 0.25) is 0 Å². The Hall–Kier alpha value is -0.580. The third-order valence-corrected chi connectivity index (χ3v) is 4.30. The number of rotatable bonds is 6. The Bertz CT molecular complexity index is 438. The van der Waals surface area contributed by atoms with Gasteiger partial charge in [-0.05, 0) is 53.2 Å². The van der Waals surface area contributed by atoms with Crippen molar-refractivity contribution >= 4 is 27.3 Å². The molecule has 0 amide bonds. The molecule has 0 fully saturated rings. The van der Waals surface area contributed by atoms with Gasteiger partial charge in [0.25, 0.3) is 0 Å². The van der Waals surface area contributed by atoms with E-state index in [1.807, 2.05) is 12.1 Å². The van der Waals surface area contributed by atoms with Gasteiger partial charge in [-0.25, -0.2) is 0 Å². The molecule has 2 nitrogen and oxygen atoms in total. The summed E-state index contributed by atoms with van der Waals surface area (Å²) in [6.45, 7) is 3.21. The molecule has 0 aliphatic heterocycles. The minimum absolute atomic E-state index is 0.345. The van der Waals surface area contributed by atoms with E-state index in [2.05, 4.69) is 40.3 Å². The van der Waals surface area contributed by atoms with Gasteiger partial charge in [-0.3, -0.25) is 0 Å². The second kappa shape index (κ2) is 6.38. The lowest BCUT2D eigenvalue weighted by Gasteiger charge is -2.15. The number of hydrogen-bond acceptors (Lipinski definition) is 3. The van der Waals surface area contributed by atoms with Gasteiger partial charge in [-0.2, -0.15) is 0 Å². The summed E-state index contributed by atoms with van der Waals surface area (Å²) in [5.74, 6) is 1.03. The molecule has 0 spiro atoms. The molecule has 0 saturated carbocycles. The average Bonchev–Trinajstić information content (AvgIpc) is 2.95. The monoisotopic (exact) mass is 313 g/mol. The van der Waals surface area contributed by atoms with Crippen LogP contribution < -0.4 is 5.32 Å². The molecule has 2 rings (SSSR count). The molecular weight excluding hydrogens is 298 g/mol. The SMILES string of the molecule is CCCNC(Cc1ccco1)c1ccc(Br)s1. The Morgan fingerprint density at radius 1 is 1.41 bits per heavy atom. The number of halogens is 1. The number of hydrogen-bond donors (Lipinski definition) is 1. The van der Waals surface area contributed by atoms with Gasteiger partial charge in [0.1, 0.15) is 5.76 Å². The average molecular weight is 314 g/mol. The van der Waals surface area contributed by atoms with Crippen molar-refractivity contribution in [3.05, 3.63) is 45.0 Å². The summed E-state index contributed by atoms with van der Waals surface area (Å²) in [5, 5.41) is 3.57. The van der Waals surface area contributed by atoms with Crippen molar-refractivity contribution in [1.82, 2.24) is 5.32 Å². The fourth-order valence-corrected chi connectivity index (χ4v) is 3.24. The molecule has 2 aromatic heterocycles. The standard InChI is InChI=1S/C13H16BrNOS/c1-2-7-15-11(9-10-4-3-8-16-10)12-5-6-13(14)17-12/h3-6,8,11,15H,2,7,9H2,1H3. The summed E-state index contributed by atoms with van der Waals surface area (Å²) < 4.78 is 6.60. The molecule has 0 aromatic carbocycles. The zero-order chi connectivity index (χ0) is 12.1. The van der Waals surface area contributed by atoms with Crippen molar-refractivity contribution in [2.45, 2.75) is 25.8 Å². The van der Waals surface area contributed by atoms with Gasteiger partial charge < -0.3 is 9.73 Å². The fraction of sp³-hybridized carbons (Fsp3) is 0.385. The Morgan fingerprint density at radius 2 is 2.29 bits per heavy atom. The molecule has 0 saturated heterocycles. The van der Waals surface area contributed by atoms with Crippen LogP contribution in [0, 0.1) is 0 Å². The Labute approximate surface area is 114 Å². The van der Waals surface area contributed by atoms with Crippen LogP contribution in [0.25, 0.3) is 0 Å². The first-order valence-corrected chi connectivity index (χ1v) is 7.41. The van der Waals surface area contributed by atoms with Crippen molar-refractivity contribution in [3.8, 4) is 0 Å². The molecule has 1 N–H and O–H groups in total. The van der Waals surface area contributed by atoms with E-state index in [1.54, 1.807) is 17.6 Å². The van der Waals surface area contributed by atoms with E-state index >= 15 is 0 Å². The van der Waals surface area contributed by atoms with Crippen molar-refractivity contribution in [2.75, 3.05) is 6.54 Å². The molecule has 17 heavy (non-hydrogen) atoms. The highest BCUT2D eigenvalue weighted by Crippen LogP contribution is 2.29. The van der Waals surface area contributed by atoms with Crippen molar-refractivity contribution < 1.29 is 4.42 Å². The second-order valence-electron chi connectivity index (χ2n) is 3.93. The van der Waals surface area contributed by atoms with Crippen molar-refractivity contribution in [2.24, 2.45) is 0 Å². The lowest BCUT2D eigenvalue weighted by atomic mass is 10.1. The first-order chi connectivity index (χ1) is 8.29. The van der Waals surface area contributed by atoms with Gasteiger partial charge >= 0.3 is 0 Å². The summed E-state index contributed by atoms with van der Waals surface area (Å²) >= 11 is 5.29. The Morgan fingerprint density at radius 3 is 2.88 bits per heavy atom. The number of thiophene rings is 1. The third kappa shape index (κ3) is 3.69. The summed E-state index contributed by atoms with van der Waals surface area (Å²) in [6.07, 6.45) is 3.78. The molecule has 1 unspecified atom stereocenters. The van der Waals surface area contributed by atoms with Gasteiger partial charge in [-0.1, -0.05) is 6.92 Å². The second-order valence-corrected chi connectivity index (χ2v) is 6.43. The van der Waals surface area contributed by atoms with E-state index < -0.39 is 0 Å². The molecule has 0 aliphatic carbocycles. The van der Waals surface area contributed by atoms with Crippen LogP contribution in [-0.4, -0.2) is 6.54 Å². The van der Waals surface area contributed by atoms with E-state index in [0.29, 0.717) is 6.04 Å². The van der Waals surface area contributed by atoms with E-state index in [-0.39, 0.29) is 0 Å². The lowest BCUT2D eigenvalue weighted by Crippen LogP contribution is -2.23. The lowest BCUT2D eigenvalue weighted by molar-refractivity contribution is 0.452. The molecule has 1 atom stereocenters. The summed E-state index contributed by atoms with van der Waals surface area (Å²) in [4.78, 5) is 1.35. The maximum Gasteiger partial charge on any atom is 0.105 e. The van der Waals surface area contributed by atoms with Gasteiger partial charge in [-0.15, -0.1) is 11.3 Å². The maximum atomic E-state index is 5.43. The zero-order valence-electron chi connectivity index (χ0n) is 9.78. The highest BCUT2D eigenvalue weighted by Gasteiger charge is 2.14. The molecule has 92 valence electrons. The highest BCUT2D eigenvalue weighted by atomic mass is 79.9. The van der Waals surface area contributed by atoms with Crippen LogP contribution in [0.3, 0.4) is 0 Å². The molecule has 0 aliphatic rings. The summed E-state index contributed by atoms with van der Waals surface area (Å²) in [5.41, 5.74) is 0. The van der Waals surface area contributed by atoms with Crippen LogP contribution in [0.15, 0.2) is 38.7 Å². The third-order valence-electron chi connectivity index (χ3n) is 2.56. The van der Waals surface area contributed by atoms with Gasteiger partial charge in [0.2, 0.25) is 0 Å².